The van der Waals surface area contributed by atoms with Gasteiger partial charge in [-0.1, -0.05) is 30.3 Å². The van der Waals surface area contributed by atoms with Crippen LogP contribution in [0.4, 0.5) is 4.39 Å². The van der Waals surface area contributed by atoms with Crippen molar-refractivity contribution in [3.8, 4) is 11.3 Å². The van der Waals surface area contributed by atoms with Gasteiger partial charge in [-0.15, -0.1) is 0 Å². The number of rotatable bonds is 3. The summed E-state index contributed by atoms with van der Waals surface area (Å²) in [7, 11) is 0. The van der Waals surface area contributed by atoms with Crippen LogP contribution in [0.2, 0.25) is 0 Å². The summed E-state index contributed by atoms with van der Waals surface area (Å²) in [6.45, 7) is 1.37. The molecule has 1 N–H and O–H groups in total. The minimum atomic E-state index is -2.36. The van der Waals surface area contributed by atoms with E-state index in [2.05, 4.69) is 4.98 Å². The van der Waals surface area contributed by atoms with E-state index in [4.69, 9.17) is 5.11 Å². The Kier molecular flexibility index (Phi) is 4.05. The third kappa shape index (κ3) is 2.87. The van der Waals surface area contributed by atoms with Crippen LogP contribution in [0.5, 0.6) is 0 Å². The minimum Gasteiger partial charge on any atom is -0.479 e. The number of benzene rings is 1. The number of aromatic nitrogens is 1. The Hall–Kier alpha value is -2.76. The molecule has 5 nitrogen and oxygen atoms in total. The zero-order valence-electron chi connectivity index (χ0n) is 13.2. The van der Waals surface area contributed by atoms with Crippen LogP contribution >= 0.6 is 0 Å². The van der Waals surface area contributed by atoms with Gasteiger partial charge in [0.1, 0.15) is 0 Å². The average Bonchev–Trinajstić information content (AvgIpc) is 2.99. The van der Waals surface area contributed by atoms with Crippen molar-refractivity contribution in [2.45, 2.75) is 19.0 Å². The molecule has 2 heterocycles. The van der Waals surface area contributed by atoms with Gasteiger partial charge in [-0.25, -0.2) is 9.18 Å². The predicted octanol–water partition coefficient (Wildman–Crippen LogP) is 2.70. The summed E-state index contributed by atoms with van der Waals surface area (Å²) in [6.07, 6.45) is -0.192. The Morgan fingerprint density at radius 2 is 1.92 bits per heavy atom. The number of halogens is 1. The Morgan fingerprint density at radius 1 is 1.21 bits per heavy atom. The van der Waals surface area contributed by atoms with Crippen molar-refractivity contribution >= 4 is 11.9 Å². The summed E-state index contributed by atoms with van der Waals surface area (Å²) < 4.78 is 14.1. The van der Waals surface area contributed by atoms with E-state index >= 15 is 0 Å². The van der Waals surface area contributed by atoms with E-state index in [1.165, 1.54) is 4.90 Å². The number of carbonyl (C=O) groups is 2. The van der Waals surface area contributed by atoms with Crippen LogP contribution in [-0.2, 0) is 4.79 Å². The molecule has 0 radical (unpaired) electrons. The molecular weight excluding hydrogens is 311 g/mol. The highest BCUT2D eigenvalue weighted by Gasteiger charge is 2.47. The van der Waals surface area contributed by atoms with E-state index in [0.717, 1.165) is 11.3 Å². The Morgan fingerprint density at radius 3 is 2.50 bits per heavy atom. The summed E-state index contributed by atoms with van der Waals surface area (Å²) in [5.41, 5.74) is 0.226. The molecule has 1 fully saturated rings. The fraction of sp³-hybridized carbons (Fsp3) is 0.278. The first-order valence-electron chi connectivity index (χ1n) is 7.65. The maximum atomic E-state index is 14.1. The largest absolute Gasteiger partial charge is 0.479 e. The molecule has 1 unspecified atom stereocenters. The third-order valence-corrected chi connectivity index (χ3v) is 4.28. The number of likely N-dealkylation sites (tertiary alicyclic amines) is 1. The molecular formula is C18H17FN2O3. The number of alkyl halides is 1. The van der Waals surface area contributed by atoms with Crippen molar-refractivity contribution in [2.24, 2.45) is 0 Å². The predicted molar refractivity (Wildman–Crippen MR) is 86.4 cm³/mol. The summed E-state index contributed by atoms with van der Waals surface area (Å²) in [5.74, 6) is -1.91. The van der Waals surface area contributed by atoms with E-state index in [1.807, 2.05) is 30.3 Å². The van der Waals surface area contributed by atoms with Gasteiger partial charge in [0.15, 0.2) is 0 Å². The maximum Gasteiger partial charge on any atom is 0.343 e. The van der Waals surface area contributed by atoms with E-state index in [1.54, 1.807) is 19.1 Å². The van der Waals surface area contributed by atoms with Gasteiger partial charge in [-0.3, -0.25) is 9.78 Å². The van der Waals surface area contributed by atoms with Gasteiger partial charge < -0.3 is 10.0 Å². The lowest BCUT2D eigenvalue weighted by Gasteiger charge is -2.18. The topological polar surface area (TPSA) is 70.5 Å². The first-order valence-corrected chi connectivity index (χ1v) is 7.65. The van der Waals surface area contributed by atoms with Gasteiger partial charge in [0.2, 0.25) is 5.67 Å². The molecule has 1 amide bonds. The molecule has 0 spiro atoms. The van der Waals surface area contributed by atoms with Gasteiger partial charge in [0.25, 0.3) is 5.91 Å². The number of nitrogens with zero attached hydrogens (tertiary/aromatic N) is 2. The summed E-state index contributed by atoms with van der Waals surface area (Å²) in [6, 6.07) is 13.0. The highest BCUT2D eigenvalue weighted by Crippen LogP contribution is 2.28. The number of carbonyl (C=O) groups excluding carboxylic acids is 1. The Bertz CT molecular complexity index is 794. The molecule has 1 aliphatic heterocycles. The number of aryl methyl sites for hydroxylation is 1. The molecule has 24 heavy (non-hydrogen) atoms. The quantitative estimate of drug-likeness (QED) is 0.940. The van der Waals surface area contributed by atoms with Crippen molar-refractivity contribution in [3.63, 3.8) is 0 Å². The fourth-order valence-electron chi connectivity index (χ4n) is 2.85. The van der Waals surface area contributed by atoms with Crippen LogP contribution < -0.4 is 0 Å². The van der Waals surface area contributed by atoms with Crippen LogP contribution in [-0.4, -0.2) is 45.6 Å². The number of pyridine rings is 1. The molecule has 1 aliphatic rings. The van der Waals surface area contributed by atoms with E-state index in [0.29, 0.717) is 11.3 Å². The molecule has 2 aromatic rings. The Balaban J connectivity index is 1.83. The highest BCUT2D eigenvalue weighted by atomic mass is 19.1. The number of aliphatic carboxylic acids is 1. The van der Waals surface area contributed by atoms with Crippen molar-refractivity contribution < 1.29 is 19.1 Å². The second-order valence-electron chi connectivity index (χ2n) is 5.94. The molecule has 1 saturated heterocycles. The first-order chi connectivity index (χ1) is 11.4. The van der Waals surface area contributed by atoms with Crippen molar-refractivity contribution in [2.75, 3.05) is 13.1 Å². The highest BCUT2D eigenvalue weighted by molar-refractivity contribution is 5.96. The van der Waals surface area contributed by atoms with Gasteiger partial charge in [-0.2, -0.15) is 0 Å². The molecule has 124 valence electrons. The fourth-order valence-corrected chi connectivity index (χ4v) is 2.85. The normalized spacial score (nSPS) is 20.2. The number of hydrogen-bond acceptors (Lipinski definition) is 3. The standard InChI is InChI=1S/C18H17FN2O3/c1-12-14(7-8-15(20-12)13-5-3-2-4-6-13)16(22)21-10-9-18(19,11-21)17(23)24/h2-8H,9-11H2,1H3,(H,23,24). The van der Waals surface area contributed by atoms with Crippen molar-refractivity contribution in [1.82, 2.24) is 9.88 Å². The molecule has 6 heteroatoms. The molecule has 1 aromatic carbocycles. The number of carboxylic acid groups (broad SMARTS) is 1. The molecule has 1 aromatic heterocycles. The van der Waals surface area contributed by atoms with E-state index in [9.17, 15) is 14.0 Å². The molecule has 0 bridgehead atoms. The SMILES string of the molecule is Cc1nc(-c2ccccc2)ccc1C(=O)N1CCC(F)(C(=O)O)C1. The first kappa shape index (κ1) is 16.1. The maximum absolute atomic E-state index is 14.1. The van der Waals surface area contributed by atoms with Crippen molar-refractivity contribution in [3.05, 3.63) is 53.7 Å². The minimum absolute atomic E-state index is 0.0848. The van der Waals surface area contributed by atoms with Crippen LogP contribution in [0.1, 0.15) is 22.5 Å². The zero-order chi connectivity index (χ0) is 17.3. The molecule has 3 rings (SSSR count). The second-order valence-corrected chi connectivity index (χ2v) is 5.94. The van der Waals surface area contributed by atoms with Gasteiger partial charge in [0, 0.05) is 18.5 Å². The van der Waals surface area contributed by atoms with Crippen LogP contribution in [0.15, 0.2) is 42.5 Å². The summed E-state index contributed by atoms with van der Waals surface area (Å²) in [5, 5.41) is 8.93. The van der Waals surface area contributed by atoms with Gasteiger partial charge in [-0.05, 0) is 19.1 Å². The van der Waals surface area contributed by atoms with E-state index < -0.39 is 18.2 Å². The van der Waals surface area contributed by atoms with Crippen LogP contribution in [0.3, 0.4) is 0 Å². The van der Waals surface area contributed by atoms with Crippen LogP contribution in [0.25, 0.3) is 11.3 Å². The average molecular weight is 328 g/mol. The summed E-state index contributed by atoms with van der Waals surface area (Å²) in [4.78, 5) is 29.2. The third-order valence-electron chi connectivity index (χ3n) is 4.28. The van der Waals surface area contributed by atoms with Crippen molar-refractivity contribution in [1.29, 1.82) is 0 Å². The lowest BCUT2D eigenvalue weighted by Crippen LogP contribution is -2.39. The second kappa shape index (κ2) is 6.03. The monoisotopic (exact) mass is 328 g/mol. The zero-order valence-corrected chi connectivity index (χ0v) is 13.2. The molecule has 0 aliphatic carbocycles. The number of amides is 1. The number of hydrogen-bond donors (Lipinski definition) is 1. The van der Waals surface area contributed by atoms with Gasteiger partial charge in [0.05, 0.1) is 23.5 Å². The molecule has 0 saturated carbocycles. The van der Waals surface area contributed by atoms with E-state index in [-0.39, 0.29) is 18.9 Å². The Labute approximate surface area is 138 Å². The lowest BCUT2D eigenvalue weighted by atomic mass is 10.1. The molecule has 1 atom stereocenters. The smallest absolute Gasteiger partial charge is 0.343 e. The number of carboxylic acids is 1. The summed E-state index contributed by atoms with van der Waals surface area (Å²) >= 11 is 0. The van der Waals surface area contributed by atoms with Gasteiger partial charge >= 0.3 is 5.97 Å². The lowest BCUT2D eigenvalue weighted by molar-refractivity contribution is -0.149. The van der Waals surface area contributed by atoms with Crippen LogP contribution in [0, 0.1) is 6.92 Å².